The van der Waals surface area contributed by atoms with Crippen LogP contribution in [0, 0.1) is 5.82 Å². The molecule has 5 nitrogen and oxygen atoms in total. The van der Waals surface area contributed by atoms with E-state index in [9.17, 15) is 9.18 Å². The van der Waals surface area contributed by atoms with E-state index in [0.717, 1.165) is 4.90 Å². The first-order valence-electron chi connectivity index (χ1n) is 6.93. The number of halogens is 2. The zero-order valence-corrected chi connectivity index (χ0v) is 14.9. The van der Waals surface area contributed by atoms with Gasteiger partial charge in [-0.1, -0.05) is 12.1 Å². The highest BCUT2D eigenvalue weighted by molar-refractivity contribution is 9.10. The van der Waals surface area contributed by atoms with E-state index in [4.69, 9.17) is 0 Å². The molecular formula is C16H12BrFN4OS. The Morgan fingerprint density at radius 2 is 1.92 bits per heavy atom. The number of anilines is 1. The van der Waals surface area contributed by atoms with Gasteiger partial charge in [-0.15, -0.1) is 5.10 Å². The third-order valence-corrected chi connectivity index (χ3v) is 4.59. The molecule has 1 heterocycles. The van der Waals surface area contributed by atoms with E-state index in [1.165, 1.54) is 36.0 Å². The molecule has 3 rings (SSSR count). The van der Waals surface area contributed by atoms with Crippen LogP contribution in [0.25, 0.3) is 0 Å². The minimum absolute atomic E-state index is 0.304. The van der Waals surface area contributed by atoms with Crippen molar-refractivity contribution in [3.63, 3.8) is 0 Å². The molecule has 0 saturated carbocycles. The van der Waals surface area contributed by atoms with Gasteiger partial charge in [0.25, 0.3) is 5.91 Å². The SMILES string of the molecule is Cn1nc(Br)nc1Sc1ccccc1NC(=O)c1ccc(F)cc1. The molecule has 0 aliphatic heterocycles. The second kappa shape index (κ2) is 7.14. The summed E-state index contributed by atoms with van der Waals surface area (Å²) in [7, 11) is 1.79. The highest BCUT2D eigenvalue weighted by atomic mass is 79.9. The van der Waals surface area contributed by atoms with E-state index < -0.39 is 0 Å². The third-order valence-electron chi connectivity index (χ3n) is 3.14. The number of para-hydroxylation sites is 1. The maximum Gasteiger partial charge on any atom is 0.255 e. The van der Waals surface area contributed by atoms with E-state index in [1.807, 2.05) is 18.2 Å². The first-order valence-corrected chi connectivity index (χ1v) is 8.54. The van der Waals surface area contributed by atoms with Crippen LogP contribution in [0.1, 0.15) is 10.4 Å². The molecule has 8 heteroatoms. The number of rotatable bonds is 4. The molecule has 122 valence electrons. The first-order chi connectivity index (χ1) is 11.5. The van der Waals surface area contributed by atoms with Gasteiger partial charge in [-0.3, -0.25) is 4.79 Å². The Kier molecular flexibility index (Phi) is 4.96. The summed E-state index contributed by atoms with van der Waals surface area (Å²) in [5.41, 5.74) is 1.04. The molecule has 0 radical (unpaired) electrons. The standard InChI is InChI=1S/C16H12BrFN4OS/c1-22-16(20-15(17)21-22)24-13-5-3-2-4-12(13)19-14(23)10-6-8-11(18)9-7-10/h2-9H,1H3,(H,19,23). The monoisotopic (exact) mass is 406 g/mol. The number of aryl methyl sites for hydroxylation is 1. The van der Waals surface area contributed by atoms with Gasteiger partial charge in [-0.05, 0) is 64.1 Å². The van der Waals surface area contributed by atoms with Crippen LogP contribution in [0.2, 0.25) is 0 Å². The number of hydrogen-bond donors (Lipinski definition) is 1. The normalized spacial score (nSPS) is 10.6. The van der Waals surface area contributed by atoms with Crippen molar-refractivity contribution in [2.75, 3.05) is 5.32 Å². The predicted octanol–water partition coefficient (Wildman–Crippen LogP) is 4.12. The van der Waals surface area contributed by atoms with Crippen molar-refractivity contribution >= 4 is 39.3 Å². The minimum atomic E-state index is -0.379. The van der Waals surface area contributed by atoms with Crippen LogP contribution in [0.15, 0.2) is 63.3 Å². The lowest BCUT2D eigenvalue weighted by molar-refractivity contribution is 0.102. The fraction of sp³-hybridized carbons (Fsp3) is 0.0625. The quantitative estimate of drug-likeness (QED) is 0.707. The molecule has 1 N–H and O–H groups in total. The lowest BCUT2D eigenvalue weighted by atomic mass is 10.2. The smallest absolute Gasteiger partial charge is 0.255 e. The summed E-state index contributed by atoms with van der Waals surface area (Å²) in [4.78, 5) is 17.4. The Hall–Kier alpha value is -2.19. The summed E-state index contributed by atoms with van der Waals surface area (Å²) in [6.45, 7) is 0. The molecule has 0 saturated heterocycles. The molecule has 0 aliphatic rings. The van der Waals surface area contributed by atoms with E-state index in [2.05, 4.69) is 31.3 Å². The molecule has 0 unspecified atom stereocenters. The number of nitrogens with one attached hydrogen (secondary N) is 1. The molecule has 0 bridgehead atoms. The van der Waals surface area contributed by atoms with Crippen molar-refractivity contribution < 1.29 is 9.18 Å². The van der Waals surface area contributed by atoms with Crippen molar-refractivity contribution in [3.05, 3.63) is 64.6 Å². The highest BCUT2D eigenvalue weighted by Gasteiger charge is 2.13. The second-order valence-electron chi connectivity index (χ2n) is 4.85. The van der Waals surface area contributed by atoms with Gasteiger partial charge < -0.3 is 5.32 Å². The van der Waals surface area contributed by atoms with Gasteiger partial charge in [-0.2, -0.15) is 4.98 Å². The molecule has 3 aromatic rings. The van der Waals surface area contributed by atoms with Crippen molar-refractivity contribution in [1.82, 2.24) is 14.8 Å². The number of amides is 1. The van der Waals surface area contributed by atoms with Gasteiger partial charge >= 0.3 is 0 Å². The van der Waals surface area contributed by atoms with Crippen LogP contribution in [0.5, 0.6) is 0 Å². The first kappa shape index (κ1) is 16.7. The minimum Gasteiger partial charge on any atom is -0.321 e. The summed E-state index contributed by atoms with van der Waals surface area (Å²) in [6.07, 6.45) is 0. The molecule has 0 atom stereocenters. The van der Waals surface area contributed by atoms with Crippen molar-refractivity contribution in [2.45, 2.75) is 10.1 Å². The molecule has 0 fully saturated rings. The molecular weight excluding hydrogens is 395 g/mol. The van der Waals surface area contributed by atoms with Gasteiger partial charge in [-0.25, -0.2) is 9.07 Å². The Morgan fingerprint density at radius 3 is 2.58 bits per heavy atom. The Morgan fingerprint density at radius 1 is 1.21 bits per heavy atom. The number of hydrogen-bond acceptors (Lipinski definition) is 4. The zero-order valence-electron chi connectivity index (χ0n) is 12.5. The largest absolute Gasteiger partial charge is 0.321 e. The van der Waals surface area contributed by atoms with E-state index >= 15 is 0 Å². The average Bonchev–Trinajstić information content (AvgIpc) is 2.87. The van der Waals surface area contributed by atoms with E-state index in [-0.39, 0.29) is 11.7 Å². The fourth-order valence-electron chi connectivity index (χ4n) is 1.98. The van der Waals surface area contributed by atoms with Gasteiger partial charge in [0, 0.05) is 17.5 Å². The van der Waals surface area contributed by atoms with Gasteiger partial charge in [0.1, 0.15) is 5.82 Å². The Labute approximate surface area is 150 Å². The Bertz CT molecular complexity index is 882. The zero-order chi connectivity index (χ0) is 17.1. The molecule has 0 spiro atoms. The second-order valence-corrected chi connectivity index (χ2v) is 6.56. The summed E-state index contributed by atoms with van der Waals surface area (Å²) in [5.74, 6) is -0.683. The maximum atomic E-state index is 13.0. The molecule has 1 aromatic heterocycles. The van der Waals surface area contributed by atoms with Crippen LogP contribution >= 0.6 is 27.7 Å². The average molecular weight is 407 g/mol. The number of benzene rings is 2. The van der Waals surface area contributed by atoms with Crippen molar-refractivity contribution in [3.8, 4) is 0 Å². The number of aromatic nitrogens is 3. The van der Waals surface area contributed by atoms with Gasteiger partial charge in [0.05, 0.1) is 5.69 Å². The van der Waals surface area contributed by atoms with E-state index in [0.29, 0.717) is 21.1 Å². The van der Waals surface area contributed by atoms with E-state index in [1.54, 1.807) is 17.8 Å². The van der Waals surface area contributed by atoms with Crippen LogP contribution in [-0.4, -0.2) is 20.7 Å². The topological polar surface area (TPSA) is 59.8 Å². The summed E-state index contributed by atoms with van der Waals surface area (Å²) >= 11 is 4.62. The number of nitrogens with zero attached hydrogens (tertiary/aromatic N) is 3. The van der Waals surface area contributed by atoms with Crippen LogP contribution in [0.4, 0.5) is 10.1 Å². The molecule has 1 amide bonds. The molecule has 2 aromatic carbocycles. The molecule has 0 aliphatic carbocycles. The maximum absolute atomic E-state index is 13.0. The lowest BCUT2D eigenvalue weighted by Crippen LogP contribution is -2.12. The Balaban J connectivity index is 1.82. The highest BCUT2D eigenvalue weighted by Crippen LogP contribution is 2.32. The number of carbonyl (C=O) groups is 1. The summed E-state index contributed by atoms with van der Waals surface area (Å²) in [6, 6.07) is 12.8. The number of carbonyl (C=O) groups excluding carboxylic acids is 1. The summed E-state index contributed by atoms with van der Waals surface area (Å²) < 4.78 is 15.1. The third kappa shape index (κ3) is 3.82. The van der Waals surface area contributed by atoms with Crippen LogP contribution in [-0.2, 0) is 7.05 Å². The predicted molar refractivity (Wildman–Crippen MR) is 93.6 cm³/mol. The summed E-state index contributed by atoms with van der Waals surface area (Å²) in [5, 5.41) is 7.66. The van der Waals surface area contributed by atoms with Gasteiger partial charge in [0.2, 0.25) is 4.73 Å². The van der Waals surface area contributed by atoms with Crippen LogP contribution in [0.3, 0.4) is 0 Å². The fourth-order valence-corrected chi connectivity index (χ4v) is 3.38. The van der Waals surface area contributed by atoms with Crippen LogP contribution < -0.4 is 5.32 Å². The van der Waals surface area contributed by atoms with Crippen molar-refractivity contribution in [2.24, 2.45) is 7.05 Å². The molecule has 24 heavy (non-hydrogen) atoms. The van der Waals surface area contributed by atoms with Gasteiger partial charge in [0.15, 0.2) is 5.16 Å². The van der Waals surface area contributed by atoms with Crippen molar-refractivity contribution in [1.29, 1.82) is 0 Å². The lowest BCUT2D eigenvalue weighted by Gasteiger charge is -2.10.